The number of nitro groups is 1. The third-order valence-electron chi connectivity index (χ3n) is 5.88. The highest BCUT2D eigenvalue weighted by atomic mass is 32.2. The van der Waals surface area contributed by atoms with Crippen molar-refractivity contribution in [2.24, 2.45) is 0 Å². The summed E-state index contributed by atoms with van der Waals surface area (Å²) in [7, 11) is -4.11. The summed E-state index contributed by atoms with van der Waals surface area (Å²) >= 11 is 0. The highest BCUT2D eigenvalue weighted by Gasteiger charge is 2.37. The van der Waals surface area contributed by atoms with Crippen molar-refractivity contribution < 1.29 is 22.3 Å². The number of rotatable bonds is 6. The van der Waals surface area contributed by atoms with Crippen molar-refractivity contribution in [2.75, 3.05) is 29.6 Å². The molecule has 12 nitrogen and oxygen atoms in total. The average Bonchev–Trinajstić information content (AvgIpc) is 3.31. The third-order valence-corrected chi connectivity index (χ3v) is 6.99. The zero-order valence-electron chi connectivity index (χ0n) is 20.2. The summed E-state index contributed by atoms with van der Waals surface area (Å²) in [6, 6.07) is 2.13. The number of nitrogens with zero attached hydrogens (tertiary/aromatic N) is 6. The lowest BCUT2D eigenvalue weighted by molar-refractivity contribution is -0.387. The van der Waals surface area contributed by atoms with Crippen LogP contribution in [-0.4, -0.2) is 52.8 Å². The summed E-state index contributed by atoms with van der Waals surface area (Å²) in [4.78, 5) is 24.6. The molecule has 0 amide bonds. The number of aromatic nitrogens is 4. The lowest BCUT2D eigenvalue weighted by Crippen LogP contribution is -2.34. The first-order valence-electron chi connectivity index (χ1n) is 11.2. The maximum atomic E-state index is 15.3. The van der Waals surface area contributed by atoms with Crippen molar-refractivity contribution in [3.63, 3.8) is 0 Å². The Morgan fingerprint density at radius 2 is 1.97 bits per heavy atom. The van der Waals surface area contributed by atoms with Crippen LogP contribution in [0.25, 0.3) is 0 Å². The number of sulfone groups is 1. The molecule has 0 atom stereocenters. The zero-order valence-corrected chi connectivity index (χ0v) is 21.0. The number of hydrogen-bond donors (Lipinski definition) is 1. The minimum absolute atomic E-state index is 0.0925. The van der Waals surface area contributed by atoms with E-state index in [-0.39, 0.29) is 41.6 Å². The van der Waals surface area contributed by atoms with Crippen LogP contribution in [0.1, 0.15) is 51.2 Å². The molecular weight excluding hydrogens is 493 g/mol. The van der Waals surface area contributed by atoms with Crippen molar-refractivity contribution >= 4 is 32.7 Å². The highest BCUT2D eigenvalue weighted by molar-refractivity contribution is 7.90. The molecule has 0 aliphatic carbocycles. The Morgan fingerprint density at radius 3 is 2.50 bits per heavy atom. The molecule has 0 spiro atoms. The molecule has 2 aromatic heterocycles. The lowest BCUT2D eigenvalue weighted by atomic mass is 9.94. The van der Waals surface area contributed by atoms with Gasteiger partial charge in [0, 0.05) is 42.9 Å². The standard InChI is InChI=1S/C22H26FN7O5S/c1-22(2,3)21-27-20(35-28-21)13-6-9-29(10-7-13)19-17(26-16-5-8-24-12-25-16)14(23)11-15(36(4,33)34)18(19)30(31)32/h5,8,11-13H,6-7,9-10H2,1-4H3,(H,24,25,26). The van der Waals surface area contributed by atoms with Gasteiger partial charge in [0.05, 0.1) is 4.92 Å². The maximum Gasteiger partial charge on any atom is 0.313 e. The zero-order chi connectivity index (χ0) is 26.3. The second kappa shape index (κ2) is 9.41. The predicted octanol–water partition coefficient (Wildman–Crippen LogP) is 3.74. The molecular formula is C22H26FN7O5S. The molecule has 192 valence electrons. The Balaban J connectivity index is 1.74. The number of benzene rings is 1. The second-order valence-corrected chi connectivity index (χ2v) is 11.6. The van der Waals surface area contributed by atoms with Gasteiger partial charge in [-0.3, -0.25) is 10.1 Å². The van der Waals surface area contributed by atoms with Gasteiger partial charge in [-0.1, -0.05) is 25.9 Å². The smallest absolute Gasteiger partial charge is 0.313 e. The summed E-state index contributed by atoms with van der Waals surface area (Å²) in [6.45, 7) is 6.45. The first-order chi connectivity index (χ1) is 16.9. The molecule has 1 aromatic carbocycles. The Bertz CT molecular complexity index is 1380. The van der Waals surface area contributed by atoms with Crippen LogP contribution >= 0.6 is 0 Å². The quantitative estimate of drug-likeness (QED) is 0.373. The van der Waals surface area contributed by atoms with Crippen LogP contribution < -0.4 is 10.2 Å². The normalized spacial score (nSPS) is 15.2. The van der Waals surface area contributed by atoms with Gasteiger partial charge >= 0.3 is 5.69 Å². The monoisotopic (exact) mass is 519 g/mol. The van der Waals surface area contributed by atoms with E-state index >= 15 is 4.39 Å². The molecule has 3 aromatic rings. The van der Waals surface area contributed by atoms with Crippen molar-refractivity contribution in [3.8, 4) is 0 Å². The molecule has 3 heterocycles. The van der Waals surface area contributed by atoms with Crippen molar-refractivity contribution in [3.05, 3.63) is 52.3 Å². The van der Waals surface area contributed by atoms with Gasteiger partial charge in [-0.15, -0.1) is 0 Å². The van der Waals surface area contributed by atoms with Crippen LogP contribution in [0.3, 0.4) is 0 Å². The van der Waals surface area contributed by atoms with E-state index in [2.05, 4.69) is 25.4 Å². The fourth-order valence-electron chi connectivity index (χ4n) is 4.04. The molecule has 14 heteroatoms. The summed E-state index contributed by atoms with van der Waals surface area (Å²) in [5.74, 6) is 0.204. The summed E-state index contributed by atoms with van der Waals surface area (Å²) < 4.78 is 45.5. The lowest BCUT2D eigenvalue weighted by Gasteiger charge is -2.33. The Labute approximate surface area is 207 Å². The van der Waals surface area contributed by atoms with Crippen molar-refractivity contribution in [1.29, 1.82) is 0 Å². The number of hydrogen-bond acceptors (Lipinski definition) is 11. The molecule has 0 unspecified atom stereocenters. The van der Waals surface area contributed by atoms with Crippen LogP contribution in [0, 0.1) is 15.9 Å². The molecule has 36 heavy (non-hydrogen) atoms. The molecule has 0 bridgehead atoms. The molecule has 1 fully saturated rings. The van der Waals surface area contributed by atoms with Gasteiger partial charge in [-0.05, 0) is 18.9 Å². The van der Waals surface area contributed by atoms with E-state index in [1.807, 2.05) is 20.8 Å². The number of halogens is 1. The molecule has 0 saturated carbocycles. The summed E-state index contributed by atoms with van der Waals surface area (Å²) in [5, 5.41) is 19.0. The van der Waals surface area contributed by atoms with Crippen molar-refractivity contribution in [1.82, 2.24) is 20.1 Å². The largest absolute Gasteiger partial charge is 0.364 e. The van der Waals surface area contributed by atoms with E-state index in [9.17, 15) is 18.5 Å². The fourth-order valence-corrected chi connectivity index (χ4v) is 4.88. The van der Waals surface area contributed by atoms with Gasteiger partial charge < -0.3 is 14.7 Å². The van der Waals surface area contributed by atoms with E-state index in [1.54, 1.807) is 4.90 Å². The van der Waals surface area contributed by atoms with Gasteiger partial charge in [0.25, 0.3) is 0 Å². The van der Waals surface area contributed by atoms with Crippen LogP contribution in [0.2, 0.25) is 0 Å². The average molecular weight is 520 g/mol. The first-order valence-corrected chi connectivity index (χ1v) is 13.1. The highest BCUT2D eigenvalue weighted by Crippen LogP contribution is 2.45. The summed E-state index contributed by atoms with van der Waals surface area (Å²) in [6.07, 6.45) is 4.45. The van der Waals surface area contributed by atoms with Gasteiger partial charge in [-0.25, -0.2) is 22.8 Å². The van der Waals surface area contributed by atoms with Crippen LogP contribution in [0.15, 0.2) is 34.1 Å². The number of piperidine rings is 1. The minimum Gasteiger partial charge on any atom is -0.364 e. The first kappa shape index (κ1) is 25.4. The Hall–Kier alpha value is -3.68. The fraction of sp³-hybridized carbons (Fsp3) is 0.455. The second-order valence-electron chi connectivity index (χ2n) is 9.65. The number of anilines is 3. The van der Waals surface area contributed by atoms with Gasteiger partial charge in [0.1, 0.15) is 28.4 Å². The molecule has 1 saturated heterocycles. The minimum atomic E-state index is -4.11. The van der Waals surface area contributed by atoms with E-state index < -0.39 is 31.2 Å². The predicted molar refractivity (Wildman–Crippen MR) is 129 cm³/mol. The van der Waals surface area contributed by atoms with Crippen LogP contribution in [0.4, 0.5) is 27.3 Å². The van der Waals surface area contributed by atoms with Crippen molar-refractivity contribution in [2.45, 2.75) is 49.8 Å². The van der Waals surface area contributed by atoms with Gasteiger partial charge in [-0.2, -0.15) is 4.98 Å². The molecule has 1 N–H and O–H groups in total. The maximum absolute atomic E-state index is 15.3. The van der Waals surface area contributed by atoms with Gasteiger partial charge in [0.2, 0.25) is 5.89 Å². The third kappa shape index (κ3) is 5.12. The molecule has 4 rings (SSSR count). The SMILES string of the molecule is CC(C)(C)c1noc(C2CCN(c3c(Nc4ccncn4)c(F)cc(S(C)(=O)=O)c3[N+](=O)[O-])CC2)n1. The Morgan fingerprint density at radius 1 is 1.28 bits per heavy atom. The topological polar surface area (TPSA) is 157 Å². The molecule has 0 radical (unpaired) electrons. The Kier molecular flexibility index (Phi) is 6.64. The molecule has 1 aliphatic heterocycles. The summed E-state index contributed by atoms with van der Waals surface area (Å²) in [5.41, 5.74) is -1.37. The van der Waals surface area contributed by atoms with Crippen LogP contribution in [0.5, 0.6) is 0 Å². The van der Waals surface area contributed by atoms with E-state index in [1.165, 1.54) is 18.6 Å². The van der Waals surface area contributed by atoms with Crippen LogP contribution in [-0.2, 0) is 15.3 Å². The van der Waals surface area contributed by atoms with E-state index in [0.717, 1.165) is 6.26 Å². The van der Waals surface area contributed by atoms with E-state index in [4.69, 9.17) is 4.52 Å². The van der Waals surface area contributed by atoms with E-state index in [0.29, 0.717) is 30.6 Å². The number of nitrogens with one attached hydrogen (secondary N) is 1. The van der Waals surface area contributed by atoms with Gasteiger partial charge in [0.15, 0.2) is 21.5 Å². The molecule has 1 aliphatic rings. The number of nitro benzene ring substituents is 1.